The highest BCUT2D eigenvalue weighted by atomic mass is 19.4. The van der Waals surface area contributed by atoms with Gasteiger partial charge in [-0.25, -0.2) is 0 Å². The average molecular weight is 316 g/mol. The Morgan fingerprint density at radius 1 is 1.41 bits per heavy atom. The Morgan fingerprint density at radius 3 is 2.73 bits per heavy atom. The van der Waals surface area contributed by atoms with Crippen LogP contribution in [0.5, 0.6) is 5.75 Å². The second kappa shape index (κ2) is 5.86. The second-order valence-electron chi connectivity index (χ2n) is 5.02. The SMILES string of the molecule is CC1Oc2c(cccc2C(=O)N(C)CCC(F)(F)F)NC1=O. The average Bonchev–Trinajstić information content (AvgIpc) is 2.44. The van der Waals surface area contributed by atoms with Crippen LogP contribution in [-0.4, -0.2) is 42.6 Å². The van der Waals surface area contributed by atoms with Crippen molar-refractivity contribution in [2.45, 2.75) is 25.6 Å². The van der Waals surface area contributed by atoms with E-state index < -0.39 is 31.2 Å². The molecule has 1 N–H and O–H groups in total. The molecule has 0 saturated carbocycles. The zero-order chi connectivity index (χ0) is 16.5. The first kappa shape index (κ1) is 16.1. The third-order valence-electron chi connectivity index (χ3n) is 3.24. The van der Waals surface area contributed by atoms with Crippen molar-refractivity contribution >= 4 is 17.5 Å². The molecule has 0 radical (unpaired) electrons. The van der Waals surface area contributed by atoms with Gasteiger partial charge in [0.2, 0.25) is 0 Å². The molecule has 120 valence electrons. The largest absolute Gasteiger partial charge is 0.478 e. The van der Waals surface area contributed by atoms with E-state index in [1.807, 2.05) is 0 Å². The normalized spacial score (nSPS) is 17.3. The van der Waals surface area contributed by atoms with Crippen LogP contribution >= 0.6 is 0 Å². The van der Waals surface area contributed by atoms with Crippen LogP contribution < -0.4 is 10.1 Å². The summed E-state index contributed by atoms with van der Waals surface area (Å²) in [7, 11) is 1.29. The summed E-state index contributed by atoms with van der Waals surface area (Å²) in [5.41, 5.74) is 0.451. The quantitative estimate of drug-likeness (QED) is 0.932. The number of nitrogens with one attached hydrogen (secondary N) is 1. The van der Waals surface area contributed by atoms with Crippen molar-refractivity contribution in [2.24, 2.45) is 0 Å². The first-order chi connectivity index (χ1) is 10.2. The zero-order valence-electron chi connectivity index (χ0n) is 12.0. The van der Waals surface area contributed by atoms with Crippen molar-refractivity contribution in [3.63, 3.8) is 0 Å². The van der Waals surface area contributed by atoms with E-state index in [2.05, 4.69) is 5.32 Å². The van der Waals surface area contributed by atoms with Gasteiger partial charge >= 0.3 is 6.18 Å². The van der Waals surface area contributed by atoms with Gasteiger partial charge in [0.25, 0.3) is 11.8 Å². The van der Waals surface area contributed by atoms with Gasteiger partial charge in [-0.15, -0.1) is 0 Å². The summed E-state index contributed by atoms with van der Waals surface area (Å²) in [5.74, 6) is -0.759. The van der Waals surface area contributed by atoms with E-state index in [0.29, 0.717) is 5.69 Å². The van der Waals surface area contributed by atoms with Crippen LogP contribution in [0.15, 0.2) is 18.2 Å². The number of anilines is 1. The number of nitrogens with zero attached hydrogens (tertiary/aromatic N) is 1. The van der Waals surface area contributed by atoms with E-state index in [0.717, 1.165) is 4.90 Å². The van der Waals surface area contributed by atoms with Crippen molar-refractivity contribution in [3.05, 3.63) is 23.8 Å². The Morgan fingerprint density at radius 2 is 2.09 bits per heavy atom. The maximum atomic E-state index is 12.3. The number of benzene rings is 1. The van der Waals surface area contributed by atoms with Gasteiger partial charge in [-0.05, 0) is 19.1 Å². The van der Waals surface area contributed by atoms with Crippen molar-refractivity contribution in [1.29, 1.82) is 0 Å². The minimum atomic E-state index is -4.33. The summed E-state index contributed by atoms with van der Waals surface area (Å²) >= 11 is 0. The fraction of sp³-hybridized carbons (Fsp3) is 0.429. The number of fused-ring (bicyclic) bond motifs is 1. The number of carbonyl (C=O) groups is 2. The molecule has 1 aromatic rings. The molecule has 5 nitrogen and oxygen atoms in total. The van der Waals surface area contributed by atoms with Crippen molar-refractivity contribution in [3.8, 4) is 5.75 Å². The van der Waals surface area contributed by atoms with Gasteiger partial charge in [-0.1, -0.05) is 6.07 Å². The molecule has 22 heavy (non-hydrogen) atoms. The maximum absolute atomic E-state index is 12.3. The van der Waals surface area contributed by atoms with Gasteiger partial charge in [0.1, 0.15) is 0 Å². The fourth-order valence-electron chi connectivity index (χ4n) is 2.00. The summed E-state index contributed by atoms with van der Waals surface area (Å²) in [6.07, 6.45) is -6.19. The molecule has 8 heteroatoms. The molecule has 1 atom stereocenters. The van der Waals surface area contributed by atoms with Crippen LogP contribution in [0.25, 0.3) is 0 Å². The van der Waals surface area contributed by atoms with E-state index >= 15 is 0 Å². The third-order valence-corrected chi connectivity index (χ3v) is 3.24. The van der Waals surface area contributed by atoms with E-state index in [1.54, 1.807) is 6.07 Å². The molecule has 1 aromatic carbocycles. The first-order valence-corrected chi connectivity index (χ1v) is 6.62. The van der Waals surface area contributed by atoms with Crippen molar-refractivity contribution in [2.75, 3.05) is 18.9 Å². The molecule has 1 aliphatic rings. The van der Waals surface area contributed by atoms with Crippen LogP contribution in [0.3, 0.4) is 0 Å². The maximum Gasteiger partial charge on any atom is 0.390 e. The molecule has 1 heterocycles. The van der Waals surface area contributed by atoms with Gasteiger partial charge in [-0.2, -0.15) is 13.2 Å². The van der Waals surface area contributed by atoms with Crippen LogP contribution in [-0.2, 0) is 4.79 Å². The number of hydrogen-bond donors (Lipinski definition) is 1. The number of para-hydroxylation sites is 1. The van der Waals surface area contributed by atoms with Gasteiger partial charge in [0.05, 0.1) is 17.7 Å². The number of amides is 2. The molecular formula is C14H15F3N2O3. The number of carbonyl (C=O) groups excluding carboxylic acids is 2. The van der Waals surface area contributed by atoms with Crippen LogP contribution in [0.4, 0.5) is 18.9 Å². The number of rotatable bonds is 3. The summed E-state index contributed by atoms with van der Waals surface area (Å²) < 4.78 is 42.1. The fourth-order valence-corrected chi connectivity index (χ4v) is 2.00. The van der Waals surface area contributed by atoms with E-state index in [-0.39, 0.29) is 17.2 Å². The molecule has 0 aliphatic carbocycles. The van der Waals surface area contributed by atoms with Gasteiger partial charge in [0, 0.05) is 13.6 Å². The summed E-state index contributed by atoms with van der Waals surface area (Å²) in [6.45, 7) is 1.07. The lowest BCUT2D eigenvalue weighted by Crippen LogP contribution is -2.36. The third kappa shape index (κ3) is 3.49. The number of ether oxygens (including phenoxy) is 1. The molecule has 0 aromatic heterocycles. The lowest BCUT2D eigenvalue weighted by Gasteiger charge is -2.26. The smallest absolute Gasteiger partial charge is 0.390 e. The highest BCUT2D eigenvalue weighted by Gasteiger charge is 2.31. The van der Waals surface area contributed by atoms with Crippen LogP contribution in [0.1, 0.15) is 23.7 Å². The molecule has 0 spiro atoms. The lowest BCUT2D eigenvalue weighted by atomic mass is 10.1. The van der Waals surface area contributed by atoms with Crippen LogP contribution in [0.2, 0.25) is 0 Å². The highest BCUT2D eigenvalue weighted by Crippen LogP contribution is 2.34. The molecule has 0 saturated heterocycles. The Kier molecular flexibility index (Phi) is 4.30. The molecule has 0 fully saturated rings. The van der Waals surface area contributed by atoms with Gasteiger partial charge < -0.3 is 15.0 Å². The van der Waals surface area contributed by atoms with Crippen molar-refractivity contribution in [1.82, 2.24) is 4.90 Å². The number of alkyl halides is 3. The predicted octanol–water partition coefficient (Wildman–Crippen LogP) is 2.43. The van der Waals surface area contributed by atoms with E-state index in [9.17, 15) is 22.8 Å². The molecule has 2 rings (SSSR count). The highest BCUT2D eigenvalue weighted by molar-refractivity contribution is 6.03. The van der Waals surface area contributed by atoms with Gasteiger partial charge in [-0.3, -0.25) is 9.59 Å². The summed E-state index contributed by atoms with van der Waals surface area (Å²) in [6, 6.07) is 4.55. The molecule has 2 amide bonds. The standard InChI is InChI=1S/C14H15F3N2O3/c1-8-12(20)18-10-5-3-4-9(11(10)22-8)13(21)19(2)7-6-14(15,16)17/h3-5,8H,6-7H2,1-2H3,(H,18,20). The van der Waals surface area contributed by atoms with E-state index in [1.165, 1.54) is 26.1 Å². The molecule has 0 bridgehead atoms. The topological polar surface area (TPSA) is 58.6 Å². The Hall–Kier alpha value is -2.25. The Labute approximate surface area is 125 Å². The predicted molar refractivity (Wildman–Crippen MR) is 72.8 cm³/mol. The van der Waals surface area contributed by atoms with Crippen molar-refractivity contribution < 1.29 is 27.5 Å². The Balaban J connectivity index is 2.21. The second-order valence-corrected chi connectivity index (χ2v) is 5.02. The zero-order valence-corrected chi connectivity index (χ0v) is 12.0. The lowest BCUT2D eigenvalue weighted by molar-refractivity contribution is -0.136. The molecule has 1 unspecified atom stereocenters. The first-order valence-electron chi connectivity index (χ1n) is 6.62. The number of hydrogen-bond acceptors (Lipinski definition) is 3. The Bertz CT molecular complexity index is 601. The van der Waals surface area contributed by atoms with Gasteiger partial charge in [0.15, 0.2) is 11.9 Å². The molecule has 1 aliphatic heterocycles. The van der Waals surface area contributed by atoms with Crippen LogP contribution in [0, 0.1) is 0 Å². The monoisotopic (exact) mass is 316 g/mol. The molecular weight excluding hydrogens is 301 g/mol. The summed E-state index contributed by atoms with van der Waals surface area (Å²) in [4.78, 5) is 24.8. The summed E-state index contributed by atoms with van der Waals surface area (Å²) in [5, 5.41) is 2.59. The minimum Gasteiger partial charge on any atom is -0.478 e. The minimum absolute atomic E-state index is 0.119. The number of halogens is 3. The van der Waals surface area contributed by atoms with E-state index in [4.69, 9.17) is 4.74 Å².